The third-order valence-corrected chi connectivity index (χ3v) is 5.07. The Kier molecular flexibility index (Phi) is 4.45. The molecule has 3 heteroatoms. The first-order chi connectivity index (χ1) is 8.21. The number of likely N-dealkylation sites (tertiary alicyclic amines) is 1. The minimum absolute atomic E-state index is 0.307. The van der Waals surface area contributed by atoms with Gasteiger partial charge in [-0.2, -0.15) is 0 Å². The summed E-state index contributed by atoms with van der Waals surface area (Å²) in [6, 6.07) is 0.375. The molecule has 1 aliphatic carbocycles. The van der Waals surface area contributed by atoms with Crippen LogP contribution in [-0.4, -0.2) is 42.3 Å². The molecule has 0 aromatic heterocycles. The summed E-state index contributed by atoms with van der Waals surface area (Å²) in [7, 11) is 0. The Morgan fingerprint density at radius 1 is 1.29 bits per heavy atom. The van der Waals surface area contributed by atoms with Gasteiger partial charge in [-0.1, -0.05) is 26.2 Å². The Labute approximate surface area is 105 Å². The number of hydrogen-bond acceptors (Lipinski definition) is 3. The molecule has 17 heavy (non-hydrogen) atoms. The quantitative estimate of drug-likeness (QED) is 0.785. The standard InChI is InChI=1S/C14H28N2O/c1-12-5-8-16(13(12)9-17)11-14(10-15)6-3-2-4-7-14/h12-13,17H,2-11,15H2,1H3. The molecular weight excluding hydrogens is 212 g/mol. The van der Waals surface area contributed by atoms with Gasteiger partial charge >= 0.3 is 0 Å². The molecule has 0 aromatic carbocycles. The maximum absolute atomic E-state index is 9.52. The van der Waals surface area contributed by atoms with Gasteiger partial charge in [-0.05, 0) is 43.7 Å². The van der Waals surface area contributed by atoms with Gasteiger partial charge in [0.05, 0.1) is 6.61 Å². The molecule has 0 aromatic rings. The zero-order valence-electron chi connectivity index (χ0n) is 11.2. The van der Waals surface area contributed by atoms with Crippen molar-refractivity contribution in [3.63, 3.8) is 0 Å². The van der Waals surface area contributed by atoms with Crippen molar-refractivity contribution in [2.24, 2.45) is 17.1 Å². The highest BCUT2D eigenvalue weighted by Crippen LogP contribution is 2.38. The second-order valence-electron chi connectivity index (χ2n) is 6.25. The van der Waals surface area contributed by atoms with Gasteiger partial charge in [0.2, 0.25) is 0 Å². The topological polar surface area (TPSA) is 49.5 Å². The van der Waals surface area contributed by atoms with Crippen molar-refractivity contribution in [1.29, 1.82) is 0 Å². The Morgan fingerprint density at radius 2 is 2.00 bits per heavy atom. The van der Waals surface area contributed by atoms with Crippen LogP contribution in [0.25, 0.3) is 0 Å². The fourth-order valence-electron chi connectivity index (χ4n) is 3.74. The summed E-state index contributed by atoms with van der Waals surface area (Å²) in [4.78, 5) is 2.50. The molecule has 100 valence electrons. The summed E-state index contributed by atoms with van der Waals surface area (Å²) >= 11 is 0. The van der Waals surface area contributed by atoms with E-state index in [-0.39, 0.29) is 0 Å². The van der Waals surface area contributed by atoms with Crippen LogP contribution in [0.4, 0.5) is 0 Å². The number of nitrogens with two attached hydrogens (primary N) is 1. The predicted molar refractivity (Wildman–Crippen MR) is 70.8 cm³/mol. The summed E-state index contributed by atoms with van der Waals surface area (Å²) < 4.78 is 0. The van der Waals surface area contributed by atoms with Crippen molar-refractivity contribution in [3.05, 3.63) is 0 Å². The molecule has 1 heterocycles. The molecule has 0 amide bonds. The molecule has 0 bridgehead atoms. The van der Waals surface area contributed by atoms with E-state index < -0.39 is 0 Å². The van der Waals surface area contributed by atoms with E-state index >= 15 is 0 Å². The van der Waals surface area contributed by atoms with E-state index in [1.807, 2.05) is 0 Å². The molecule has 3 N–H and O–H groups in total. The van der Waals surface area contributed by atoms with Crippen molar-refractivity contribution in [1.82, 2.24) is 4.90 Å². The van der Waals surface area contributed by atoms with E-state index in [1.165, 1.54) is 38.5 Å². The van der Waals surface area contributed by atoms with Crippen LogP contribution in [0.1, 0.15) is 45.4 Å². The molecule has 2 fully saturated rings. The summed E-state index contributed by atoms with van der Waals surface area (Å²) in [5.74, 6) is 0.637. The second kappa shape index (κ2) is 5.68. The lowest BCUT2D eigenvalue weighted by molar-refractivity contribution is 0.0707. The van der Waals surface area contributed by atoms with E-state index in [9.17, 15) is 5.11 Å². The van der Waals surface area contributed by atoms with Crippen LogP contribution in [0.15, 0.2) is 0 Å². The average molecular weight is 240 g/mol. The number of hydrogen-bond donors (Lipinski definition) is 2. The lowest BCUT2D eigenvalue weighted by Crippen LogP contribution is -2.47. The van der Waals surface area contributed by atoms with Gasteiger partial charge in [0, 0.05) is 12.6 Å². The molecule has 0 spiro atoms. The molecule has 2 aliphatic rings. The monoisotopic (exact) mass is 240 g/mol. The van der Waals surface area contributed by atoms with Gasteiger partial charge < -0.3 is 10.8 Å². The van der Waals surface area contributed by atoms with Gasteiger partial charge in [0.15, 0.2) is 0 Å². The average Bonchev–Trinajstić information content (AvgIpc) is 2.71. The van der Waals surface area contributed by atoms with Gasteiger partial charge in [-0.3, -0.25) is 4.90 Å². The summed E-state index contributed by atoms with van der Waals surface area (Å²) in [5.41, 5.74) is 6.39. The highest BCUT2D eigenvalue weighted by atomic mass is 16.3. The van der Waals surface area contributed by atoms with Crippen molar-refractivity contribution in [3.8, 4) is 0 Å². The largest absolute Gasteiger partial charge is 0.395 e. The van der Waals surface area contributed by atoms with Crippen LogP contribution in [-0.2, 0) is 0 Å². The van der Waals surface area contributed by atoms with Crippen molar-refractivity contribution in [2.75, 3.05) is 26.2 Å². The highest BCUT2D eigenvalue weighted by Gasteiger charge is 2.38. The zero-order valence-corrected chi connectivity index (χ0v) is 11.2. The molecular formula is C14H28N2O. The number of nitrogens with zero attached hydrogens (tertiary/aromatic N) is 1. The molecule has 3 nitrogen and oxygen atoms in total. The minimum atomic E-state index is 0.307. The smallest absolute Gasteiger partial charge is 0.0589 e. The Bertz CT molecular complexity index is 238. The maximum atomic E-state index is 9.52. The van der Waals surface area contributed by atoms with Crippen molar-refractivity contribution >= 4 is 0 Å². The Morgan fingerprint density at radius 3 is 2.59 bits per heavy atom. The van der Waals surface area contributed by atoms with Gasteiger partial charge in [0.1, 0.15) is 0 Å². The van der Waals surface area contributed by atoms with Crippen LogP contribution >= 0.6 is 0 Å². The van der Waals surface area contributed by atoms with E-state index in [1.54, 1.807) is 0 Å². The first kappa shape index (κ1) is 13.3. The zero-order chi connectivity index (χ0) is 12.3. The number of rotatable bonds is 4. The fourth-order valence-corrected chi connectivity index (χ4v) is 3.74. The lowest BCUT2D eigenvalue weighted by Gasteiger charge is -2.41. The van der Waals surface area contributed by atoms with Crippen LogP contribution in [0.3, 0.4) is 0 Å². The van der Waals surface area contributed by atoms with Gasteiger partial charge in [-0.25, -0.2) is 0 Å². The molecule has 2 unspecified atom stereocenters. The molecule has 2 rings (SSSR count). The second-order valence-corrected chi connectivity index (χ2v) is 6.25. The molecule has 1 saturated carbocycles. The number of aliphatic hydroxyl groups is 1. The van der Waals surface area contributed by atoms with E-state index in [4.69, 9.17) is 5.73 Å². The van der Waals surface area contributed by atoms with Gasteiger partial charge in [-0.15, -0.1) is 0 Å². The van der Waals surface area contributed by atoms with E-state index in [2.05, 4.69) is 11.8 Å². The molecule has 1 saturated heterocycles. The fraction of sp³-hybridized carbons (Fsp3) is 1.00. The Balaban J connectivity index is 1.98. The summed E-state index contributed by atoms with van der Waals surface area (Å²) in [6.07, 6.45) is 7.85. The molecule has 1 aliphatic heterocycles. The molecule has 0 radical (unpaired) electrons. The minimum Gasteiger partial charge on any atom is -0.395 e. The SMILES string of the molecule is CC1CCN(CC2(CN)CCCCC2)C1CO. The van der Waals surface area contributed by atoms with Crippen molar-refractivity contribution < 1.29 is 5.11 Å². The van der Waals surface area contributed by atoms with Crippen LogP contribution in [0.2, 0.25) is 0 Å². The van der Waals surface area contributed by atoms with Crippen LogP contribution in [0, 0.1) is 11.3 Å². The van der Waals surface area contributed by atoms with E-state index in [0.29, 0.717) is 24.0 Å². The van der Waals surface area contributed by atoms with E-state index in [0.717, 1.165) is 19.6 Å². The number of aliphatic hydroxyl groups excluding tert-OH is 1. The maximum Gasteiger partial charge on any atom is 0.0589 e. The third kappa shape index (κ3) is 2.83. The third-order valence-electron chi connectivity index (χ3n) is 5.07. The van der Waals surface area contributed by atoms with Crippen LogP contribution in [0.5, 0.6) is 0 Å². The predicted octanol–water partition coefficient (Wildman–Crippen LogP) is 1.60. The highest BCUT2D eigenvalue weighted by molar-refractivity contribution is 4.92. The Hall–Kier alpha value is -0.120. The summed E-state index contributed by atoms with van der Waals surface area (Å²) in [5, 5.41) is 9.52. The lowest BCUT2D eigenvalue weighted by atomic mass is 9.73. The van der Waals surface area contributed by atoms with Crippen LogP contribution < -0.4 is 5.73 Å². The van der Waals surface area contributed by atoms with Gasteiger partial charge in [0.25, 0.3) is 0 Å². The van der Waals surface area contributed by atoms with Crippen molar-refractivity contribution in [2.45, 2.75) is 51.5 Å². The first-order valence-electron chi connectivity index (χ1n) is 7.26. The summed E-state index contributed by atoms with van der Waals surface area (Å²) in [6.45, 7) is 5.64. The molecule has 2 atom stereocenters. The first-order valence-corrected chi connectivity index (χ1v) is 7.26. The normalized spacial score (nSPS) is 34.1.